The first-order valence-corrected chi connectivity index (χ1v) is 10.9. The first kappa shape index (κ1) is 23.6. The standard InChI is InChI=1S/C23H26N2O6S/c1-14(26)31-20-21(15-5-8-17(30-4)9-6-15)32-19-10-7-16(23(28)29)13-18(19)25(22(20)27)12-11-24(2)3/h5-10,13,20-21H,11-12H2,1-4H3,(H,28,29). The van der Waals surface area contributed by atoms with E-state index >= 15 is 0 Å². The lowest BCUT2D eigenvalue weighted by molar-refractivity contribution is -0.152. The van der Waals surface area contributed by atoms with Crippen molar-refractivity contribution < 1.29 is 29.0 Å². The van der Waals surface area contributed by atoms with Crippen molar-refractivity contribution in [2.75, 3.05) is 39.2 Å². The number of esters is 1. The van der Waals surface area contributed by atoms with Gasteiger partial charge in [-0.15, -0.1) is 11.8 Å². The number of carbonyl (C=O) groups excluding carboxylic acids is 2. The minimum absolute atomic E-state index is 0.0823. The summed E-state index contributed by atoms with van der Waals surface area (Å²) in [5.41, 5.74) is 1.37. The van der Waals surface area contributed by atoms with E-state index in [4.69, 9.17) is 9.47 Å². The molecule has 32 heavy (non-hydrogen) atoms. The van der Waals surface area contributed by atoms with Crippen molar-refractivity contribution in [3.63, 3.8) is 0 Å². The molecule has 9 heteroatoms. The first-order valence-electron chi connectivity index (χ1n) is 10.0. The van der Waals surface area contributed by atoms with Gasteiger partial charge in [0.05, 0.1) is 23.6 Å². The number of thioether (sulfide) groups is 1. The Kier molecular flexibility index (Phi) is 7.42. The number of carbonyl (C=O) groups is 3. The van der Waals surface area contributed by atoms with Gasteiger partial charge >= 0.3 is 11.9 Å². The lowest BCUT2D eigenvalue weighted by Crippen LogP contribution is -2.45. The molecule has 0 spiro atoms. The number of amides is 1. The van der Waals surface area contributed by atoms with Crippen molar-refractivity contribution in [3.8, 4) is 5.75 Å². The average molecular weight is 459 g/mol. The Labute approximate surface area is 191 Å². The Hall–Kier alpha value is -3.04. The van der Waals surface area contributed by atoms with Gasteiger partial charge in [-0.1, -0.05) is 12.1 Å². The fraction of sp³-hybridized carbons (Fsp3) is 0.348. The fourth-order valence-corrected chi connectivity index (χ4v) is 4.72. The van der Waals surface area contributed by atoms with Gasteiger partial charge in [-0.3, -0.25) is 9.59 Å². The van der Waals surface area contributed by atoms with Crippen LogP contribution in [0.15, 0.2) is 47.4 Å². The van der Waals surface area contributed by atoms with Crippen molar-refractivity contribution in [3.05, 3.63) is 53.6 Å². The number of anilines is 1. The Balaban J connectivity index is 2.13. The number of methoxy groups -OCH3 is 1. The van der Waals surface area contributed by atoms with Crippen LogP contribution in [0.5, 0.6) is 5.75 Å². The van der Waals surface area contributed by atoms with E-state index in [0.717, 1.165) is 10.5 Å². The normalized spacial score (nSPS) is 18.2. The maximum atomic E-state index is 13.7. The average Bonchev–Trinajstić information content (AvgIpc) is 2.86. The van der Waals surface area contributed by atoms with Gasteiger partial charge in [-0.2, -0.15) is 0 Å². The summed E-state index contributed by atoms with van der Waals surface area (Å²) in [4.78, 5) is 41.4. The highest BCUT2D eigenvalue weighted by Gasteiger charge is 2.41. The summed E-state index contributed by atoms with van der Waals surface area (Å²) in [6, 6.07) is 12.0. The lowest BCUT2D eigenvalue weighted by Gasteiger charge is -2.28. The molecule has 3 rings (SSSR count). The van der Waals surface area contributed by atoms with Crippen LogP contribution in [0.3, 0.4) is 0 Å². The topological polar surface area (TPSA) is 96.4 Å². The van der Waals surface area contributed by atoms with Crippen LogP contribution in [-0.4, -0.2) is 68.3 Å². The minimum atomic E-state index is -1.08. The van der Waals surface area contributed by atoms with E-state index in [-0.39, 0.29) is 5.56 Å². The smallest absolute Gasteiger partial charge is 0.335 e. The summed E-state index contributed by atoms with van der Waals surface area (Å²) in [6.07, 6.45) is -1.08. The highest BCUT2D eigenvalue weighted by molar-refractivity contribution is 7.99. The predicted molar refractivity (Wildman–Crippen MR) is 121 cm³/mol. The van der Waals surface area contributed by atoms with E-state index in [1.54, 1.807) is 25.3 Å². The van der Waals surface area contributed by atoms with Crippen molar-refractivity contribution in [2.24, 2.45) is 0 Å². The molecule has 0 saturated carbocycles. The van der Waals surface area contributed by atoms with Crippen LogP contribution >= 0.6 is 11.8 Å². The molecular weight excluding hydrogens is 432 g/mol. The molecule has 2 aromatic carbocycles. The van der Waals surface area contributed by atoms with Crippen molar-refractivity contribution in [2.45, 2.75) is 23.2 Å². The molecule has 0 aromatic heterocycles. The fourth-order valence-electron chi connectivity index (χ4n) is 3.42. The van der Waals surface area contributed by atoms with Crippen LogP contribution in [0.4, 0.5) is 5.69 Å². The molecule has 2 unspecified atom stereocenters. The summed E-state index contributed by atoms with van der Waals surface area (Å²) < 4.78 is 10.8. The molecular formula is C23H26N2O6S. The zero-order valence-corrected chi connectivity index (χ0v) is 19.2. The predicted octanol–water partition coefficient (Wildman–Crippen LogP) is 3.07. The number of nitrogens with zero attached hydrogens (tertiary/aromatic N) is 2. The molecule has 2 aromatic rings. The molecule has 8 nitrogen and oxygen atoms in total. The molecule has 0 bridgehead atoms. The van der Waals surface area contributed by atoms with Crippen LogP contribution in [0, 0.1) is 0 Å². The molecule has 0 radical (unpaired) electrons. The van der Waals surface area contributed by atoms with Gasteiger partial charge in [-0.25, -0.2) is 4.79 Å². The van der Waals surface area contributed by atoms with Crippen LogP contribution in [0.2, 0.25) is 0 Å². The van der Waals surface area contributed by atoms with Gasteiger partial charge in [0.15, 0.2) is 6.10 Å². The summed E-state index contributed by atoms with van der Waals surface area (Å²) in [7, 11) is 5.34. The molecule has 170 valence electrons. The molecule has 1 aliphatic heterocycles. The number of hydrogen-bond donors (Lipinski definition) is 1. The number of likely N-dealkylation sites (N-methyl/N-ethyl adjacent to an activating group) is 1. The van der Waals surface area contributed by atoms with Gasteiger partial charge in [0.1, 0.15) is 5.75 Å². The Morgan fingerprint density at radius 1 is 1.16 bits per heavy atom. The van der Waals surface area contributed by atoms with Gasteiger partial charge in [0, 0.05) is 24.9 Å². The van der Waals surface area contributed by atoms with Crippen molar-refractivity contribution in [1.82, 2.24) is 4.90 Å². The van der Waals surface area contributed by atoms with E-state index < -0.39 is 29.2 Å². The molecule has 1 heterocycles. The van der Waals surface area contributed by atoms with E-state index in [1.165, 1.54) is 35.7 Å². The molecule has 2 atom stereocenters. The third-order valence-electron chi connectivity index (χ3n) is 5.04. The van der Waals surface area contributed by atoms with Crippen LogP contribution in [0.1, 0.15) is 28.1 Å². The molecule has 1 amide bonds. The molecule has 0 saturated heterocycles. The number of hydrogen-bond acceptors (Lipinski definition) is 7. The van der Waals surface area contributed by atoms with Crippen molar-refractivity contribution >= 4 is 35.3 Å². The number of ether oxygens (including phenoxy) is 2. The number of carboxylic acids is 1. The number of fused-ring (bicyclic) bond motifs is 1. The summed E-state index contributed by atoms with van der Waals surface area (Å²) in [5.74, 6) is -1.36. The van der Waals surface area contributed by atoms with Crippen LogP contribution in [0.25, 0.3) is 0 Å². The Morgan fingerprint density at radius 3 is 2.41 bits per heavy atom. The Bertz CT molecular complexity index is 1010. The van der Waals surface area contributed by atoms with Gasteiger partial charge in [0.25, 0.3) is 5.91 Å². The minimum Gasteiger partial charge on any atom is -0.497 e. The lowest BCUT2D eigenvalue weighted by atomic mass is 10.1. The number of benzene rings is 2. The van der Waals surface area contributed by atoms with Gasteiger partial charge in [0.2, 0.25) is 0 Å². The van der Waals surface area contributed by atoms with E-state index in [2.05, 4.69) is 0 Å². The second kappa shape index (κ2) is 10.1. The second-order valence-electron chi connectivity index (χ2n) is 7.62. The number of carboxylic acid groups (broad SMARTS) is 1. The van der Waals surface area contributed by atoms with E-state index in [1.807, 2.05) is 31.1 Å². The number of rotatable bonds is 7. The third-order valence-corrected chi connectivity index (χ3v) is 6.42. The molecule has 1 aliphatic rings. The van der Waals surface area contributed by atoms with Crippen molar-refractivity contribution in [1.29, 1.82) is 0 Å². The zero-order valence-electron chi connectivity index (χ0n) is 18.4. The van der Waals surface area contributed by atoms with E-state index in [0.29, 0.717) is 24.5 Å². The van der Waals surface area contributed by atoms with E-state index in [9.17, 15) is 19.5 Å². The first-order chi connectivity index (χ1) is 15.2. The maximum Gasteiger partial charge on any atom is 0.335 e. The monoisotopic (exact) mass is 458 g/mol. The SMILES string of the molecule is COc1ccc(C2Sc3ccc(C(=O)O)cc3N(CCN(C)C)C(=O)C2OC(C)=O)cc1. The van der Waals surface area contributed by atoms with Crippen LogP contribution in [-0.2, 0) is 14.3 Å². The highest BCUT2D eigenvalue weighted by Crippen LogP contribution is 2.47. The molecule has 0 aliphatic carbocycles. The third kappa shape index (κ3) is 5.23. The van der Waals surface area contributed by atoms with Gasteiger partial charge < -0.3 is 24.4 Å². The largest absolute Gasteiger partial charge is 0.497 e. The zero-order chi connectivity index (χ0) is 23.4. The number of aromatic carboxylic acids is 1. The Morgan fingerprint density at radius 2 is 1.84 bits per heavy atom. The second-order valence-corrected chi connectivity index (χ2v) is 8.81. The van der Waals surface area contributed by atoms with Crippen LogP contribution < -0.4 is 9.64 Å². The van der Waals surface area contributed by atoms with Gasteiger partial charge in [-0.05, 0) is 50.0 Å². The quantitative estimate of drug-likeness (QED) is 0.633. The summed E-state index contributed by atoms with van der Waals surface area (Å²) in [6.45, 7) is 2.14. The summed E-state index contributed by atoms with van der Waals surface area (Å²) >= 11 is 1.37. The molecule has 0 fully saturated rings. The maximum absolute atomic E-state index is 13.7. The highest BCUT2D eigenvalue weighted by atomic mass is 32.2. The summed E-state index contributed by atoms with van der Waals surface area (Å²) in [5, 5.41) is 8.96. The molecule has 1 N–H and O–H groups in total.